The van der Waals surface area contributed by atoms with Gasteiger partial charge in [-0.1, -0.05) is 11.6 Å². The Labute approximate surface area is 187 Å². The number of rotatable bonds is 8. The molecule has 7 nitrogen and oxygen atoms in total. The molecule has 2 N–H and O–H groups in total. The number of thiophene rings is 2. The van der Waals surface area contributed by atoms with Gasteiger partial charge in [0, 0.05) is 47.5 Å². The van der Waals surface area contributed by atoms with Gasteiger partial charge in [0.05, 0.1) is 4.34 Å². The molecule has 0 unspecified atom stereocenters. The molecular formula is C19H19ClN4O3S3. The van der Waals surface area contributed by atoms with E-state index in [0.29, 0.717) is 30.4 Å². The van der Waals surface area contributed by atoms with E-state index in [-0.39, 0.29) is 10.1 Å². The molecular weight excluding hydrogens is 464 g/mol. The molecule has 1 fully saturated rings. The second-order valence-corrected chi connectivity index (χ2v) is 11.4. The molecule has 0 bridgehead atoms. The van der Waals surface area contributed by atoms with Crippen molar-refractivity contribution in [3.63, 3.8) is 0 Å². The molecule has 30 heavy (non-hydrogen) atoms. The summed E-state index contributed by atoms with van der Waals surface area (Å²) in [6.45, 7) is 1.60. The van der Waals surface area contributed by atoms with Crippen LogP contribution >= 0.6 is 34.3 Å². The molecule has 0 spiro atoms. The van der Waals surface area contributed by atoms with Crippen molar-refractivity contribution in [3.8, 4) is 9.75 Å². The summed E-state index contributed by atoms with van der Waals surface area (Å²) >= 11 is 8.52. The average Bonchev–Trinajstić information content (AvgIpc) is 3.45. The fourth-order valence-electron chi connectivity index (χ4n) is 3.16. The minimum atomic E-state index is -3.77. The predicted molar refractivity (Wildman–Crippen MR) is 121 cm³/mol. The minimum Gasteiger partial charge on any atom is -0.383 e. The third-order valence-electron chi connectivity index (χ3n) is 4.65. The Morgan fingerprint density at radius 2 is 1.83 bits per heavy atom. The van der Waals surface area contributed by atoms with Crippen LogP contribution in [0.4, 0.5) is 5.69 Å². The van der Waals surface area contributed by atoms with Crippen LogP contribution in [0, 0.1) is 0 Å². The molecule has 0 radical (unpaired) electrons. The Hall–Kier alpha value is -1.98. The molecule has 4 heterocycles. The van der Waals surface area contributed by atoms with Gasteiger partial charge in [-0.2, -0.15) is 4.72 Å². The van der Waals surface area contributed by atoms with E-state index in [2.05, 4.69) is 15.0 Å². The van der Waals surface area contributed by atoms with Gasteiger partial charge in [0.1, 0.15) is 10.3 Å². The first-order valence-electron chi connectivity index (χ1n) is 9.23. The Bertz CT molecular complexity index is 1130. The topological polar surface area (TPSA) is 91.4 Å². The van der Waals surface area contributed by atoms with Crippen molar-refractivity contribution in [2.24, 2.45) is 0 Å². The van der Waals surface area contributed by atoms with Crippen LogP contribution in [0.25, 0.3) is 9.75 Å². The Kier molecular flexibility index (Phi) is 6.40. The number of sulfonamides is 1. The number of hydrogen-bond acceptors (Lipinski definition) is 7. The molecule has 1 aliphatic heterocycles. The highest BCUT2D eigenvalue weighted by Crippen LogP contribution is 2.36. The van der Waals surface area contributed by atoms with Crippen molar-refractivity contribution >= 4 is 55.9 Å². The number of amides is 1. The smallest absolute Gasteiger partial charge is 0.250 e. The Balaban J connectivity index is 1.34. The molecule has 158 valence electrons. The summed E-state index contributed by atoms with van der Waals surface area (Å²) in [5.41, 5.74) is 0.925. The second-order valence-electron chi connectivity index (χ2n) is 6.67. The van der Waals surface area contributed by atoms with Gasteiger partial charge in [0.15, 0.2) is 0 Å². The highest BCUT2D eigenvalue weighted by atomic mass is 35.5. The summed E-state index contributed by atoms with van der Waals surface area (Å²) in [6.07, 6.45) is 3.83. The van der Waals surface area contributed by atoms with E-state index in [1.54, 1.807) is 35.5 Å². The first-order valence-corrected chi connectivity index (χ1v) is 12.7. The maximum Gasteiger partial charge on any atom is 0.250 e. The van der Waals surface area contributed by atoms with Gasteiger partial charge >= 0.3 is 0 Å². The molecule has 0 aromatic carbocycles. The highest BCUT2D eigenvalue weighted by molar-refractivity contribution is 7.91. The lowest BCUT2D eigenvalue weighted by Crippen LogP contribution is -2.42. The largest absolute Gasteiger partial charge is 0.383 e. The zero-order valence-electron chi connectivity index (χ0n) is 15.7. The monoisotopic (exact) mass is 482 g/mol. The summed E-state index contributed by atoms with van der Waals surface area (Å²) in [7, 11) is -3.77. The number of carbonyl (C=O) groups excluding carboxylic acids is 1. The molecule has 1 atom stereocenters. The minimum absolute atomic E-state index is 0.188. The van der Waals surface area contributed by atoms with Gasteiger partial charge in [0.25, 0.3) is 10.0 Å². The van der Waals surface area contributed by atoms with E-state index in [9.17, 15) is 13.2 Å². The van der Waals surface area contributed by atoms with E-state index in [1.165, 1.54) is 11.3 Å². The molecule has 1 aliphatic rings. The van der Waals surface area contributed by atoms with E-state index in [1.807, 2.05) is 18.2 Å². The zero-order valence-corrected chi connectivity index (χ0v) is 19.0. The van der Waals surface area contributed by atoms with Crippen molar-refractivity contribution in [3.05, 3.63) is 53.1 Å². The van der Waals surface area contributed by atoms with Crippen molar-refractivity contribution in [2.45, 2.75) is 16.7 Å². The van der Waals surface area contributed by atoms with Crippen LogP contribution in [0.15, 0.2) is 53.0 Å². The summed E-state index contributed by atoms with van der Waals surface area (Å²) < 4.78 is 29.0. The lowest BCUT2D eigenvalue weighted by Gasteiger charge is -2.17. The van der Waals surface area contributed by atoms with Crippen molar-refractivity contribution in [1.29, 1.82) is 0 Å². The Morgan fingerprint density at radius 1 is 1.10 bits per heavy atom. The van der Waals surface area contributed by atoms with Crippen LogP contribution in [-0.4, -0.2) is 49.9 Å². The van der Waals surface area contributed by atoms with E-state index in [0.717, 1.165) is 26.8 Å². The highest BCUT2D eigenvalue weighted by Gasteiger charge is 2.35. The second kappa shape index (κ2) is 9.03. The van der Waals surface area contributed by atoms with E-state index in [4.69, 9.17) is 11.6 Å². The number of aromatic nitrogens is 1. The van der Waals surface area contributed by atoms with Crippen LogP contribution in [0.3, 0.4) is 0 Å². The number of pyridine rings is 1. The Morgan fingerprint density at radius 3 is 2.57 bits per heavy atom. The van der Waals surface area contributed by atoms with E-state index < -0.39 is 16.1 Å². The van der Waals surface area contributed by atoms with Crippen LogP contribution in [-0.2, 0) is 14.8 Å². The van der Waals surface area contributed by atoms with Gasteiger partial charge in [-0.05, 0) is 42.8 Å². The number of anilines is 1. The third kappa shape index (κ3) is 4.84. The molecule has 3 aromatic rings. The summed E-state index contributed by atoms with van der Waals surface area (Å²) in [6, 6.07) is 9.92. The number of likely N-dealkylation sites (tertiary alicyclic amines) is 1. The maximum atomic E-state index is 12.8. The maximum absolute atomic E-state index is 12.8. The van der Waals surface area contributed by atoms with Crippen LogP contribution < -0.4 is 10.0 Å². The molecule has 0 saturated carbocycles. The van der Waals surface area contributed by atoms with Gasteiger partial charge < -0.3 is 10.2 Å². The summed E-state index contributed by atoms with van der Waals surface area (Å²) in [5.74, 6) is -0.197. The average molecular weight is 483 g/mol. The van der Waals surface area contributed by atoms with Crippen LogP contribution in [0.1, 0.15) is 6.42 Å². The third-order valence-corrected chi connectivity index (χ3v) is 9.12. The molecule has 1 amide bonds. The SMILES string of the molecule is O=C1[C@@H](NS(=O)(=O)c2ccc(-c3ccc(Cl)s3)s2)CCN1CCNc1ccncc1. The fourth-order valence-corrected chi connectivity index (χ4v) is 6.84. The molecule has 1 saturated heterocycles. The standard InChI is InChI=1S/C19H19ClN4O3S3/c20-17-3-1-15(28-17)16-2-4-18(29-16)30(26,27)23-14-7-11-24(19(14)25)12-10-22-13-5-8-21-9-6-13/h1-6,8-9,14,23H,7,10-12H2,(H,21,22)/t14-/m0/s1. The number of hydrogen-bond donors (Lipinski definition) is 2. The van der Waals surface area contributed by atoms with Gasteiger partial charge in [-0.15, -0.1) is 22.7 Å². The van der Waals surface area contributed by atoms with Gasteiger partial charge in [-0.25, -0.2) is 8.42 Å². The van der Waals surface area contributed by atoms with Crippen molar-refractivity contribution in [1.82, 2.24) is 14.6 Å². The molecule has 3 aromatic heterocycles. The molecule has 0 aliphatic carbocycles. The summed E-state index contributed by atoms with van der Waals surface area (Å²) in [5, 5.41) is 3.22. The lowest BCUT2D eigenvalue weighted by atomic mass is 10.3. The quantitative estimate of drug-likeness (QED) is 0.512. The number of carbonyl (C=O) groups is 1. The molecule has 4 rings (SSSR count). The van der Waals surface area contributed by atoms with Crippen LogP contribution in [0.5, 0.6) is 0 Å². The van der Waals surface area contributed by atoms with Crippen molar-refractivity contribution in [2.75, 3.05) is 25.0 Å². The zero-order chi connectivity index (χ0) is 21.1. The van der Waals surface area contributed by atoms with E-state index >= 15 is 0 Å². The number of halogens is 1. The number of nitrogens with one attached hydrogen (secondary N) is 2. The van der Waals surface area contributed by atoms with Crippen molar-refractivity contribution < 1.29 is 13.2 Å². The molecule has 11 heteroatoms. The van der Waals surface area contributed by atoms with Crippen LogP contribution in [0.2, 0.25) is 4.34 Å². The number of nitrogens with zero attached hydrogens (tertiary/aromatic N) is 2. The van der Waals surface area contributed by atoms with Gasteiger partial charge in [0.2, 0.25) is 5.91 Å². The van der Waals surface area contributed by atoms with Gasteiger partial charge in [-0.3, -0.25) is 9.78 Å². The fraction of sp³-hybridized carbons (Fsp3) is 0.263. The first kappa shape index (κ1) is 21.3. The summed E-state index contributed by atoms with van der Waals surface area (Å²) in [4.78, 5) is 20.0. The first-order chi connectivity index (χ1) is 14.4. The lowest BCUT2D eigenvalue weighted by molar-refractivity contribution is -0.128. The normalized spacial score (nSPS) is 16.9. The predicted octanol–water partition coefficient (Wildman–Crippen LogP) is 3.52.